The van der Waals surface area contributed by atoms with E-state index in [1.165, 1.54) is 0 Å². The molecule has 1 saturated heterocycles. The minimum absolute atomic E-state index is 0.0589. The van der Waals surface area contributed by atoms with Crippen LogP contribution in [0.15, 0.2) is 43.0 Å². The molecule has 0 spiro atoms. The van der Waals surface area contributed by atoms with Crippen molar-refractivity contribution < 1.29 is 19.4 Å². The summed E-state index contributed by atoms with van der Waals surface area (Å²) in [7, 11) is 0. The number of β-amino-alcohol motifs (C(OH)–C–C–N with tert-alkyl or cyclic N) is 1. The maximum absolute atomic E-state index is 12.6. The summed E-state index contributed by atoms with van der Waals surface area (Å²) in [6, 6.07) is 7.02. The van der Waals surface area contributed by atoms with E-state index in [4.69, 9.17) is 14.5 Å². The fraction of sp³-hybridized carbons (Fsp3) is 0.364. The van der Waals surface area contributed by atoms with E-state index >= 15 is 0 Å². The molecule has 1 fully saturated rings. The molecule has 2 aliphatic rings. The Kier molecular flexibility index (Phi) is 5.46. The lowest BCUT2D eigenvalue weighted by Gasteiger charge is -2.24. The Labute approximate surface area is 184 Å². The summed E-state index contributed by atoms with van der Waals surface area (Å²) < 4.78 is 12.4. The van der Waals surface area contributed by atoms with Gasteiger partial charge in [0.1, 0.15) is 6.33 Å². The molecule has 0 bridgehead atoms. The van der Waals surface area contributed by atoms with E-state index in [1.54, 1.807) is 41.5 Å². The zero-order valence-electron chi connectivity index (χ0n) is 17.6. The first-order chi connectivity index (χ1) is 15.6. The van der Waals surface area contributed by atoms with Gasteiger partial charge in [0.25, 0.3) is 5.91 Å². The summed E-state index contributed by atoms with van der Waals surface area (Å²) in [4.78, 5) is 28.0. The Morgan fingerprint density at radius 1 is 1.25 bits per heavy atom. The van der Waals surface area contributed by atoms with E-state index in [2.05, 4.69) is 20.2 Å². The second-order valence-electron chi connectivity index (χ2n) is 7.93. The van der Waals surface area contributed by atoms with Crippen LogP contribution in [0.25, 0.3) is 5.95 Å². The molecular formula is C22H24N6O4. The number of nitrogens with one attached hydrogen (secondary N) is 1. The second kappa shape index (κ2) is 8.56. The number of carbonyl (C=O) groups is 1. The van der Waals surface area contributed by atoms with Crippen molar-refractivity contribution in [2.75, 3.05) is 26.4 Å². The minimum Gasteiger partial charge on any atom is -0.454 e. The number of aromatic nitrogens is 4. The highest BCUT2D eigenvalue weighted by Gasteiger charge is 2.33. The molecular weight excluding hydrogens is 412 g/mol. The number of imidazole rings is 1. The number of benzene rings is 1. The molecule has 0 radical (unpaired) electrons. The third-order valence-electron chi connectivity index (χ3n) is 5.64. The monoisotopic (exact) mass is 436 g/mol. The molecule has 1 aromatic carbocycles. The van der Waals surface area contributed by atoms with E-state index in [9.17, 15) is 9.90 Å². The molecule has 0 saturated carbocycles. The molecule has 0 aliphatic carbocycles. The Balaban J connectivity index is 1.25. The fourth-order valence-corrected chi connectivity index (χ4v) is 4.13. The molecule has 32 heavy (non-hydrogen) atoms. The summed E-state index contributed by atoms with van der Waals surface area (Å²) in [5.41, 5.74) is 2.21. The van der Waals surface area contributed by atoms with Gasteiger partial charge in [-0.1, -0.05) is 0 Å². The normalized spacial score (nSPS) is 19.9. The summed E-state index contributed by atoms with van der Waals surface area (Å²) >= 11 is 0. The number of carbonyl (C=O) groups excluding carboxylic acids is 1. The standard InChI is InChI=1S/C22H24N6O4/c1-14-8-17(26-22(25-14)28-6-4-23-12-28)18-10-16(29)11-27(18)7-5-24-21(30)15-2-3-19-20(9-15)32-13-31-19/h2-4,6,8-9,12,16,18,29H,5,7,10-11,13H2,1H3,(H,24,30). The van der Waals surface area contributed by atoms with Gasteiger partial charge >= 0.3 is 0 Å². The Morgan fingerprint density at radius 3 is 2.97 bits per heavy atom. The lowest BCUT2D eigenvalue weighted by atomic mass is 10.1. The maximum atomic E-state index is 12.6. The largest absolute Gasteiger partial charge is 0.454 e. The van der Waals surface area contributed by atoms with E-state index in [0.29, 0.717) is 49.1 Å². The van der Waals surface area contributed by atoms with Crippen molar-refractivity contribution >= 4 is 5.91 Å². The number of aliphatic hydroxyl groups is 1. The fourth-order valence-electron chi connectivity index (χ4n) is 4.13. The molecule has 3 aromatic rings. The van der Waals surface area contributed by atoms with E-state index < -0.39 is 6.10 Å². The Hall–Kier alpha value is -3.50. The highest BCUT2D eigenvalue weighted by atomic mass is 16.7. The third kappa shape index (κ3) is 4.14. The van der Waals surface area contributed by atoms with Crippen molar-refractivity contribution in [1.29, 1.82) is 0 Å². The Morgan fingerprint density at radius 2 is 2.12 bits per heavy atom. The van der Waals surface area contributed by atoms with Crippen LogP contribution in [0.1, 0.15) is 34.2 Å². The predicted molar refractivity (Wildman–Crippen MR) is 114 cm³/mol. The van der Waals surface area contributed by atoms with E-state index in [1.807, 2.05) is 13.0 Å². The van der Waals surface area contributed by atoms with Crippen LogP contribution in [0.2, 0.25) is 0 Å². The van der Waals surface area contributed by atoms with Gasteiger partial charge in [-0.3, -0.25) is 14.3 Å². The topological polar surface area (TPSA) is 115 Å². The van der Waals surface area contributed by atoms with Gasteiger partial charge < -0.3 is 19.9 Å². The first-order valence-electron chi connectivity index (χ1n) is 10.5. The summed E-state index contributed by atoms with van der Waals surface area (Å²) in [6.45, 7) is 3.64. The average Bonchev–Trinajstić information content (AvgIpc) is 3.53. The van der Waals surface area contributed by atoms with Crippen molar-refractivity contribution in [2.24, 2.45) is 0 Å². The Bertz CT molecular complexity index is 1120. The van der Waals surface area contributed by atoms with Gasteiger partial charge in [-0.25, -0.2) is 15.0 Å². The molecule has 2 N–H and O–H groups in total. The molecule has 10 nitrogen and oxygen atoms in total. The molecule has 2 atom stereocenters. The number of aliphatic hydroxyl groups excluding tert-OH is 1. The van der Waals surface area contributed by atoms with Crippen LogP contribution in [-0.4, -0.2) is 68.0 Å². The highest BCUT2D eigenvalue weighted by Crippen LogP contribution is 2.33. The van der Waals surface area contributed by atoms with Gasteiger partial charge in [0, 0.05) is 43.3 Å². The SMILES string of the molecule is Cc1cc(C2CC(O)CN2CCNC(=O)c2ccc3c(c2)OCO3)nc(-n2ccnc2)n1. The molecule has 4 heterocycles. The van der Waals surface area contributed by atoms with Gasteiger partial charge in [-0.05, 0) is 37.6 Å². The third-order valence-corrected chi connectivity index (χ3v) is 5.64. The predicted octanol–water partition coefficient (Wildman–Crippen LogP) is 1.24. The van der Waals surface area contributed by atoms with Gasteiger partial charge in [-0.2, -0.15) is 0 Å². The number of amides is 1. The van der Waals surface area contributed by atoms with E-state index in [0.717, 1.165) is 11.4 Å². The van der Waals surface area contributed by atoms with Crippen molar-refractivity contribution in [3.05, 3.63) is 59.9 Å². The number of likely N-dealkylation sites (tertiary alicyclic amines) is 1. The first-order valence-corrected chi connectivity index (χ1v) is 10.5. The van der Waals surface area contributed by atoms with Crippen LogP contribution in [0, 0.1) is 6.92 Å². The summed E-state index contributed by atoms with van der Waals surface area (Å²) in [5.74, 6) is 1.59. The van der Waals surface area contributed by atoms with Crippen LogP contribution >= 0.6 is 0 Å². The summed E-state index contributed by atoms with van der Waals surface area (Å²) in [6.07, 6.45) is 5.27. The smallest absolute Gasteiger partial charge is 0.251 e. The highest BCUT2D eigenvalue weighted by molar-refractivity contribution is 5.94. The van der Waals surface area contributed by atoms with Crippen molar-refractivity contribution in [1.82, 2.24) is 29.7 Å². The first kappa shape index (κ1) is 20.4. The van der Waals surface area contributed by atoms with Gasteiger partial charge in [-0.15, -0.1) is 0 Å². The molecule has 1 amide bonds. The molecule has 2 aliphatic heterocycles. The molecule has 2 aromatic heterocycles. The zero-order chi connectivity index (χ0) is 22.1. The quantitative estimate of drug-likeness (QED) is 0.593. The number of fused-ring (bicyclic) bond motifs is 1. The van der Waals surface area contributed by atoms with Crippen LogP contribution < -0.4 is 14.8 Å². The second-order valence-corrected chi connectivity index (χ2v) is 7.93. The molecule has 166 valence electrons. The van der Waals surface area contributed by atoms with Gasteiger partial charge in [0.05, 0.1) is 17.8 Å². The maximum Gasteiger partial charge on any atom is 0.251 e. The van der Waals surface area contributed by atoms with Crippen molar-refractivity contribution in [3.63, 3.8) is 0 Å². The zero-order valence-corrected chi connectivity index (χ0v) is 17.6. The van der Waals surface area contributed by atoms with Gasteiger partial charge in [0.2, 0.25) is 12.7 Å². The average molecular weight is 436 g/mol. The van der Waals surface area contributed by atoms with Crippen LogP contribution in [0.3, 0.4) is 0 Å². The number of hydrogen-bond acceptors (Lipinski definition) is 8. The van der Waals surface area contributed by atoms with Gasteiger partial charge in [0.15, 0.2) is 11.5 Å². The molecule has 5 rings (SSSR count). The molecule has 10 heteroatoms. The van der Waals surface area contributed by atoms with Crippen molar-refractivity contribution in [3.8, 4) is 17.4 Å². The number of hydrogen-bond donors (Lipinski definition) is 2. The minimum atomic E-state index is -0.448. The van der Waals surface area contributed by atoms with Crippen LogP contribution in [-0.2, 0) is 0 Å². The lowest BCUT2D eigenvalue weighted by Crippen LogP contribution is -2.35. The number of nitrogens with zero attached hydrogens (tertiary/aromatic N) is 5. The summed E-state index contributed by atoms with van der Waals surface area (Å²) in [5, 5.41) is 13.3. The number of rotatable bonds is 6. The van der Waals surface area contributed by atoms with Crippen LogP contribution in [0.4, 0.5) is 0 Å². The van der Waals surface area contributed by atoms with Crippen molar-refractivity contribution in [2.45, 2.75) is 25.5 Å². The van der Waals surface area contributed by atoms with Crippen LogP contribution in [0.5, 0.6) is 11.5 Å². The molecule has 2 unspecified atom stereocenters. The lowest BCUT2D eigenvalue weighted by molar-refractivity contribution is 0.0946. The number of ether oxygens (including phenoxy) is 2. The van der Waals surface area contributed by atoms with E-state index in [-0.39, 0.29) is 18.7 Å². The number of aryl methyl sites for hydroxylation is 1.